The minimum atomic E-state index is 0.176. The number of rotatable bonds is 2. The van der Waals surface area contributed by atoms with Crippen LogP contribution in [-0.2, 0) is 6.54 Å². The van der Waals surface area contributed by atoms with E-state index in [9.17, 15) is 0 Å². The summed E-state index contributed by atoms with van der Waals surface area (Å²) in [5.41, 5.74) is 4.85. The lowest BCUT2D eigenvalue weighted by Gasteiger charge is -2.38. The van der Waals surface area contributed by atoms with Gasteiger partial charge >= 0.3 is 0 Å². The second-order valence-electron chi connectivity index (χ2n) is 6.54. The lowest BCUT2D eigenvalue weighted by molar-refractivity contribution is 0.297. The molecule has 0 radical (unpaired) electrons. The van der Waals surface area contributed by atoms with Gasteiger partial charge in [0, 0.05) is 35.5 Å². The largest absolute Gasteiger partial charge is 0.347 e. The molecule has 1 aromatic carbocycles. The Hall–Kier alpha value is -2.11. The fourth-order valence-electron chi connectivity index (χ4n) is 3.59. The van der Waals surface area contributed by atoms with Crippen molar-refractivity contribution in [3.8, 4) is 0 Å². The maximum atomic E-state index is 5.81. The molecule has 3 heterocycles. The number of aryl methyl sites for hydroxylation is 2. The van der Waals surface area contributed by atoms with Gasteiger partial charge in [0.1, 0.15) is 6.04 Å². The highest BCUT2D eigenvalue weighted by atomic mass is 32.1. The second kappa shape index (κ2) is 6.65. The number of thiocarbonyl (C=S) groups is 1. The van der Waals surface area contributed by atoms with E-state index in [4.69, 9.17) is 12.2 Å². The number of nitrogens with zero attached hydrogens (tertiary/aromatic N) is 2. The predicted molar refractivity (Wildman–Crippen MR) is 109 cm³/mol. The molecule has 1 aliphatic rings. The van der Waals surface area contributed by atoms with Crippen LogP contribution in [0.5, 0.6) is 0 Å². The number of hydrogen-bond acceptors (Lipinski definition) is 2. The van der Waals surface area contributed by atoms with Crippen LogP contribution in [-0.4, -0.2) is 21.1 Å². The van der Waals surface area contributed by atoms with E-state index in [1.807, 2.05) is 0 Å². The molecule has 1 atom stereocenters. The molecule has 2 aromatic heterocycles. The van der Waals surface area contributed by atoms with Crippen LogP contribution >= 0.6 is 23.6 Å². The van der Waals surface area contributed by atoms with Crippen LogP contribution in [0.4, 0.5) is 5.69 Å². The number of benzene rings is 1. The van der Waals surface area contributed by atoms with Gasteiger partial charge in [-0.15, -0.1) is 11.3 Å². The average Bonchev–Trinajstić information content (AvgIpc) is 3.24. The van der Waals surface area contributed by atoms with Gasteiger partial charge in [-0.1, -0.05) is 12.1 Å². The van der Waals surface area contributed by atoms with Gasteiger partial charge in [0.05, 0.1) is 0 Å². The van der Waals surface area contributed by atoms with Crippen molar-refractivity contribution in [1.82, 2.24) is 9.47 Å². The van der Waals surface area contributed by atoms with E-state index in [1.54, 1.807) is 11.3 Å². The van der Waals surface area contributed by atoms with Gasteiger partial charge in [0.25, 0.3) is 0 Å². The third kappa shape index (κ3) is 3.22. The van der Waals surface area contributed by atoms with Crippen molar-refractivity contribution >= 4 is 34.4 Å². The smallest absolute Gasteiger partial charge is 0.174 e. The van der Waals surface area contributed by atoms with Gasteiger partial charge in [-0.25, -0.2) is 0 Å². The van der Waals surface area contributed by atoms with Crippen LogP contribution in [0.1, 0.15) is 27.7 Å². The fraction of sp³-hybridized carbons (Fsp3) is 0.250. The van der Waals surface area contributed by atoms with E-state index in [-0.39, 0.29) is 6.04 Å². The van der Waals surface area contributed by atoms with Crippen molar-refractivity contribution in [2.75, 3.05) is 11.9 Å². The molecule has 0 bridgehead atoms. The van der Waals surface area contributed by atoms with Gasteiger partial charge in [-0.3, -0.25) is 0 Å². The van der Waals surface area contributed by atoms with Gasteiger partial charge in [-0.05, 0) is 72.9 Å². The molecule has 1 unspecified atom stereocenters. The Balaban J connectivity index is 1.65. The molecule has 5 heteroatoms. The molecule has 3 nitrogen and oxygen atoms in total. The molecule has 4 rings (SSSR count). The lowest BCUT2D eigenvalue weighted by Crippen LogP contribution is -2.44. The fourth-order valence-corrected chi connectivity index (χ4v) is 4.75. The monoisotopic (exact) mass is 367 g/mol. The van der Waals surface area contributed by atoms with Crippen LogP contribution in [0, 0.1) is 13.8 Å². The van der Waals surface area contributed by atoms with Crippen LogP contribution < -0.4 is 5.32 Å². The zero-order valence-corrected chi connectivity index (χ0v) is 16.0. The van der Waals surface area contributed by atoms with Crippen LogP contribution in [0.2, 0.25) is 0 Å². The first kappa shape index (κ1) is 16.4. The minimum absolute atomic E-state index is 0.176. The molecule has 0 amide bonds. The molecule has 1 aliphatic heterocycles. The van der Waals surface area contributed by atoms with Gasteiger partial charge in [0.2, 0.25) is 0 Å². The molecular formula is C20H21N3S2. The summed E-state index contributed by atoms with van der Waals surface area (Å²) < 4.78 is 2.33. The molecule has 0 saturated heterocycles. The number of thiophene rings is 1. The maximum absolute atomic E-state index is 5.81. The Labute approximate surface area is 157 Å². The van der Waals surface area contributed by atoms with Crippen LogP contribution in [0.25, 0.3) is 0 Å². The van der Waals surface area contributed by atoms with E-state index in [0.717, 1.165) is 23.9 Å². The topological polar surface area (TPSA) is 20.2 Å². The zero-order chi connectivity index (χ0) is 17.4. The number of aromatic nitrogens is 1. The average molecular weight is 368 g/mol. The molecule has 0 aliphatic carbocycles. The Morgan fingerprint density at radius 3 is 2.64 bits per heavy atom. The summed E-state index contributed by atoms with van der Waals surface area (Å²) >= 11 is 7.59. The first-order valence-electron chi connectivity index (χ1n) is 8.46. The van der Waals surface area contributed by atoms with E-state index < -0.39 is 0 Å². The van der Waals surface area contributed by atoms with Crippen molar-refractivity contribution in [2.24, 2.45) is 0 Å². The van der Waals surface area contributed by atoms with E-state index in [2.05, 4.69) is 82.7 Å². The Bertz CT molecular complexity index is 875. The molecule has 3 aromatic rings. The predicted octanol–water partition coefficient (Wildman–Crippen LogP) is 4.97. The zero-order valence-electron chi connectivity index (χ0n) is 14.4. The van der Waals surface area contributed by atoms with Crippen molar-refractivity contribution < 1.29 is 0 Å². The first-order chi connectivity index (χ1) is 12.1. The molecule has 0 spiro atoms. The Kier molecular flexibility index (Phi) is 4.36. The summed E-state index contributed by atoms with van der Waals surface area (Å²) in [5.74, 6) is 0. The van der Waals surface area contributed by atoms with Crippen molar-refractivity contribution in [1.29, 1.82) is 0 Å². The first-order valence-corrected chi connectivity index (χ1v) is 9.75. The number of nitrogens with one attached hydrogen (secondary N) is 1. The molecule has 0 fully saturated rings. The van der Waals surface area contributed by atoms with Gasteiger partial charge in [-0.2, -0.15) is 0 Å². The third-order valence-electron chi connectivity index (χ3n) is 4.58. The number of anilines is 1. The van der Waals surface area contributed by atoms with Gasteiger partial charge in [0.15, 0.2) is 5.11 Å². The van der Waals surface area contributed by atoms with Crippen LogP contribution in [0.3, 0.4) is 0 Å². The summed E-state index contributed by atoms with van der Waals surface area (Å²) in [6.45, 7) is 6.09. The summed E-state index contributed by atoms with van der Waals surface area (Å²) in [4.78, 5) is 3.64. The highest BCUT2D eigenvalue weighted by Crippen LogP contribution is 2.35. The normalized spacial score (nSPS) is 16.6. The van der Waals surface area contributed by atoms with Crippen molar-refractivity contribution in [3.63, 3.8) is 0 Å². The maximum Gasteiger partial charge on any atom is 0.174 e. The van der Waals surface area contributed by atoms with E-state index >= 15 is 0 Å². The third-order valence-corrected chi connectivity index (χ3v) is 5.85. The molecular weight excluding hydrogens is 346 g/mol. The molecule has 0 saturated carbocycles. The van der Waals surface area contributed by atoms with Crippen LogP contribution in [0.15, 0.2) is 54.0 Å². The number of hydrogen-bond donors (Lipinski definition) is 1. The summed E-state index contributed by atoms with van der Waals surface area (Å²) in [6, 6.07) is 15.3. The van der Waals surface area contributed by atoms with E-state index in [0.29, 0.717) is 0 Å². The molecule has 1 N–H and O–H groups in total. The quantitative estimate of drug-likeness (QED) is 0.646. The Morgan fingerprint density at radius 2 is 1.92 bits per heavy atom. The highest BCUT2D eigenvalue weighted by Gasteiger charge is 2.31. The standard InChI is InChI=1S/C20H21N3S2/c1-14-11-15(2)13-16(12-14)21-20(24)23-9-8-22-7-3-5-17(22)19(23)18-6-4-10-25-18/h3-7,10-13,19H,8-9H2,1-2H3,(H,21,24). The summed E-state index contributed by atoms with van der Waals surface area (Å²) in [7, 11) is 0. The number of fused-ring (bicyclic) bond motifs is 1. The summed E-state index contributed by atoms with van der Waals surface area (Å²) in [6.07, 6.45) is 2.16. The lowest BCUT2D eigenvalue weighted by atomic mass is 10.1. The summed E-state index contributed by atoms with van der Waals surface area (Å²) in [5, 5.41) is 6.38. The van der Waals surface area contributed by atoms with E-state index in [1.165, 1.54) is 21.7 Å². The minimum Gasteiger partial charge on any atom is -0.347 e. The molecule has 128 valence electrons. The van der Waals surface area contributed by atoms with Gasteiger partial charge < -0.3 is 14.8 Å². The molecule has 25 heavy (non-hydrogen) atoms. The second-order valence-corrected chi connectivity index (χ2v) is 7.91. The Morgan fingerprint density at radius 1 is 1.12 bits per heavy atom. The highest BCUT2D eigenvalue weighted by molar-refractivity contribution is 7.80. The SMILES string of the molecule is Cc1cc(C)cc(NC(=S)N2CCn3cccc3C2c2cccs2)c1. The van der Waals surface area contributed by atoms with Crippen molar-refractivity contribution in [3.05, 3.63) is 75.7 Å². The van der Waals surface area contributed by atoms with Crippen molar-refractivity contribution in [2.45, 2.75) is 26.4 Å².